The normalized spacial score (nSPS) is 11.0. The van der Waals surface area contributed by atoms with E-state index in [1.165, 1.54) is 12.1 Å². The van der Waals surface area contributed by atoms with Gasteiger partial charge in [0.05, 0.1) is 0 Å². The Balaban J connectivity index is 2.46. The van der Waals surface area contributed by atoms with Crippen LogP contribution in [0.1, 0.15) is 19.5 Å². The molecule has 19 heavy (non-hydrogen) atoms. The number of hydrogen-bond donors (Lipinski definition) is 1. The summed E-state index contributed by atoms with van der Waals surface area (Å²) in [7, 11) is 0. The Hall–Kier alpha value is -2.04. The van der Waals surface area contributed by atoms with E-state index in [2.05, 4.69) is 23.8 Å². The van der Waals surface area contributed by atoms with Crippen LogP contribution in [-0.2, 0) is 6.42 Å². The minimum atomic E-state index is -0.661. The van der Waals surface area contributed by atoms with Gasteiger partial charge in [-0.25, -0.2) is 18.7 Å². The van der Waals surface area contributed by atoms with Crippen LogP contribution in [0.5, 0.6) is 0 Å². The van der Waals surface area contributed by atoms with Crippen molar-refractivity contribution in [2.75, 3.05) is 5.73 Å². The van der Waals surface area contributed by atoms with Crippen molar-refractivity contribution in [2.24, 2.45) is 5.92 Å². The Morgan fingerprint density at radius 3 is 2.26 bits per heavy atom. The van der Waals surface area contributed by atoms with Gasteiger partial charge in [-0.2, -0.15) is 0 Å². The second kappa shape index (κ2) is 5.30. The van der Waals surface area contributed by atoms with Crippen LogP contribution in [0, 0.1) is 17.6 Å². The Kier molecular flexibility index (Phi) is 3.74. The van der Waals surface area contributed by atoms with Crippen LogP contribution in [0.15, 0.2) is 24.3 Å². The third-order valence-electron chi connectivity index (χ3n) is 2.54. The fraction of sp³-hybridized carbons (Fsp3) is 0.286. The molecular formula is C14H15F2N3. The first-order valence-electron chi connectivity index (χ1n) is 6.04. The summed E-state index contributed by atoms with van der Waals surface area (Å²) in [5.74, 6) is -0.372. The molecule has 2 aromatic rings. The second-order valence-electron chi connectivity index (χ2n) is 4.86. The van der Waals surface area contributed by atoms with Crippen LogP contribution in [0.25, 0.3) is 11.4 Å². The van der Waals surface area contributed by atoms with E-state index in [-0.39, 0.29) is 11.4 Å². The number of nitrogens with two attached hydrogens (primary N) is 1. The number of aromatic nitrogens is 2. The van der Waals surface area contributed by atoms with Gasteiger partial charge in [0, 0.05) is 23.4 Å². The monoisotopic (exact) mass is 263 g/mol. The average Bonchev–Trinajstić information content (AvgIpc) is 2.25. The summed E-state index contributed by atoms with van der Waals surface area (Å²) >= 11 is 0. The molecule has 1 aromatic carbocycles. The van der Waals surface area contributed by atoms with Gasteiger partial charge >= 0.3 is 0 Å². The van der Waals surface area contributed by atoms with E-state index in [4.69, 9.17) is 5.73 Å². The van der Waals surface area contributed by atoms with Gasteiger partial charge in [0.15, 0.2) is 5.82 Å². The maximum absolute atomic E-state index is 13.2. The molecule has 0 radical (unpaired) electrons. The lowest BCUT2D eigenvalue weighted by molar-refractivity contribution is 0.583. The number of rotatable bonds is 3. The highest BCUT2D eigenvalue weighted by Gasteiger charge is 2.09. The maximum Gasteiger partial charge on any atom is 0.161 e. The molecule has 2 rings (SSSR count). The van der Waals surface area contributed by atoms with Gasteiger partial charge in [-0.1, -0.05) is 13.8 Å². The topological polar surface area (TPSA) is 51.8 Å². The van der Waals surface area contributed by atoms with Crippen LogP contribution in [0.3, 0.4) is 0 Å². The first-order chi connectivity index (χ1) is 8.94. The van der Waals surface area contributed by atoms with Crippen LogP contribution in [0.4, 0.5) is 14.6 Å². The van der Waals surface area contributed by atoms with Gasteiger partial charge in [-0.3, -0.25) is 0 Å². The van der Waals surface area contributed by atoms with Gasteiger partial charge < -0.3 is 5.73 Å². The van der Waals surface area contributed by atoms with E-state index in [1.807, 2.05) is 0 Å². The van der Waals surface area contributed by atoms with Crippen molar-refractivity contribution in [3.8, 4) is 11.4 Å². The molecule has 0 atom stereocenters. The predicted octanol–water partition coefficient (Wildman–Crippen LogP) is 3.20. The van der Waals surface area contributed by atoms with Gasteiger partial charge in [0.2, 0.25) is 0 Å². The van der Waals surface area contributed by atoms with Crippen molar-refractivity contribution in [3.05, 3.63) is 41.6 Å². The van der Waals surface area contributed by atoms with Crippen LogP contribution in [0.2, 0.25) is 0 Å². The first-order valence-corrected chi connectivity index (χ1v) is 6.04. The molecule has 0 aliphatic heterocycles. The molecule has 0 fully saturated rings. The van der Waals surface area contributed by atoms with Crippen molar-refractivity contribution in [1.29, 1.82) is 0 Å². The summed E-state index contributed by atoms with van der Waals surface area (Å²) in [6, 6.07) is 4.87. The highest BCUT2D eigenvalue weighted by Crippen LogP contribution is 2.20. The smallest absolute Gasteiger partial charge is 0.161 e. The molecule has 3 nitrogen and oxygen atoms in total. The van der Waals surface area contributed by atoms with Gasteiger partial charge in [-0.05, 0) is 24.5 Å². The number of anilines is 1. The zero-order valence-electron chi connectivity index (χ0n) is 10.8. The van der Waals surface area contributed by atoms with E-state index >= 15 is 0 Å². The van der Waals surface area contributed by atoms with E-state index in [1.54, 1.807) is 6.07 Å². The van der Waals surface area contributed by atoms with E-state index in [0.717, 1.165) is 18.2 Å². The Bertz CT molecular complexity index is 577. The van der Waals surface area contributed by atoms with Crippen LogP contribution < -0.4 is 5.73 Å². The second-order valence-corrected chi connectivity index (χ2v) is 4.86. The molecule has 0 aliphatic rings. The van der Waals surface area contributed by atoms with Crippen LogP contribution in [-0.4, -0.2) is 9.97 Å². The fourth-order valence-electron chi connectivity index (χ4n) is 1.85. The molecule has 1 heterocycles. The molecule has 0 saturated carbocycles. The number of hydrogen-bond acceptors (Lipinski definition) is 3. The predicted molar refractivity (Wildman–Crippen MR) is 70.3 cm³/mol. The lowest BCUT2D eigenvalue weighted by atomic mass is 10.1. The minimum absolute atomic E-state index is 0.244. The zero-order chi connectivity index (χ0) is 14.0. The highest BCUT2D eigenvalue weighted by molar-refractivity contribution is 5.57. The lowest BCUT2D eigenvalue weighted by Gasteiger charge is -2.08. The molecule has 0 aliphatic carbocycles. The van der Waals surface area contributed by atoms with E-state index < -0.39 is 11.6 Å². The molecule has 1 aromatic heterocycles. The van der Waals surface area contributed by atoms with E-state index in [0.29, 0.717) is 11.7 Å². The van der Waals surface area contributed by atoms with Crippen molar-refractivity contribution >= 4 is 5.82 Å². The maximum atomic E-state index is 13.2. The summed E-state index contributed by atoms with van der Waals surface area (Å²) < 4.78 is 26.4. The minimum Gasteiger partial charge on any atom is -0.384 e. The molecule has 0 spiro atoms. The van der Waals surface area contributed by atoms with Crippen molar-refractivity contribution in [2.45, 2.75) is 20.3 Å². The summed E-state index contributed by atoms with van der Waals surface area (Å²) in [6.07, 6.45) is 0.734. The summed E-state index contributed by atoms with van der Waals surface area (Å²) in [5, 5.41) is 0. The summed E-state index contributed by atoms with van der Waals surface area (Å²) in [5.41, 5.74) is 6.76. The lowest BCUT2D eigenvalue weighted by Crippen LogP contribution is -2.03. The van der Waals surface area contributed by atoms with Crippen molar-refractivity contribution < 1.29 is 8.78 Å². The average molecular weight is 263 g/mol. The van der Waals surface area contributed by atoms with Gasteiger partial charge in [-0.15, -0.1) is 0 Å². The summed E-state index contributed by atoms with van der Waals surface area (Å²) in [6.45, 7) is 4.11. The Morgan fingerprint density at radius 2 is 1.68 bits per heavy atom. The standard InChI is InChI=1S/C14H15F2N3/c1-8(2)3-12-7-13(17)19-14(18-12)9-4-10(15)6-11(16)5-9/h4-8H,3H2,1-2H3,(H2,17,18,19). The third kappa shape index (κ3) is 3.47. The number of nitrogens with zero attached hydrogens (tertiary/aromatic N) is 2. The zero-order valence-corrected chi connectivity index (χ0v) is 10.8. The SMILES string of the molecule is CC(C)Cc1cc(N)nc(-c2cc(F)cc(F)c2)n1. The largest absolute Gasteiger partial charge is 0.384 e. The molecule has 100 valence electrons. The Morgan fingerprint density at radius 1 is 1.05 bits per heavy atom. The molecule has 0 saturated heterocycles. The third-order valence-corrected chi connectivity index (χ3v) is 2.54. The van der Waals surface area contributed by atoms with E-state index in [9.17, 15) is 8.78 Å². The number of nitrogen functional groups attached to an aromatic ring is 1. The molecule has 0 unspecified atom stereocenters. The van der Waals surface area contributed by atoms with Gasteiger partial charge in [0.1, 0.15) is 17.5 Å². The molecule has 0 amide bonds. The summed E-state index contributed by atoms with van der Waals surface area (Å²) in [4.78, 5) is 8.33. The highest BCUT2D eigenvalue weighted by atomic mass is 19.1. The first kappa shape index (κ1) is 13.4. The Labute approximate surface area is 110 Å². The number of benzene rings is 1. The fourth-order valence-corrected chi connectivity index (χ4v) is 1.85. The number of halogens is 2. The van der Waals surface area contributed by atoms with Crippen molar-refractivity contribution in [1.82, 2.24) is 9.97 Å². The molecule has 2 N–H and O–H groups in total. The van der Waals surface area contributed by atoms with Gasteiger partial charge in [0.25, 0.3) is 0 Å². The quantitative estimate of drug-likeness (QED) is 0.925. The van der Waals surface area contributed by atoms with Crippen molar-refractivity contribution in [3.63, 3.8) is 0 Å². The van der Waals surface area contributed by atoms with Crippen LogP contribution >= 0.6 is 0 Å². The molecular weight excluding hydrogens is 248 g/mol. The molecule has 0 bridgehead atoms. The molecule has 5 heteroatoms.